The molecule has 0 aliphatic rings. The number of hydrogen-bond donors (Lipinski definition) is 0. The average Bonchev–Trinajstić information content (AvgIpc) is 3.94. The molecule has 0 amide bonds. The van der Waals surface area contributed by atoms with Gasteiger partial charge in [-0.3, -0.25) is 0 Å². The zero-order chi connectivity index (χ0) is 48.2. The Morgan fingerprint density at radius 3 is 1.12 bits per heavy atom. The SMILES string of the molecule is CC(C)c1cccc(-n2c3ccccc3c3cc(-c4cccc5c(-c6c7ccccc7cc7ccccc67)c6cccc(-c7ccc8c(c7)c7ccccc7n8-c7cccc(C(C)C)c7)c6cc45)ccc32)c1. The van der Waals surface area contributed by atoms with Gasteiger partial charge in [-0.15, -0.1) is 0 Å². The number of benzene rings is 12. The highest BCUT2D eigenvalue weighted by atomic mass is 15.0. The Balaban J connectivity index is 1.06. The van der Waals surface area contributed by atoms with Crippen LogP contribution in [0, 0.1) is 0 Å². The first kappa shape index (κ1) is 42.2. The summed E-state index contributed by atoms with van der Waals surface area (Å²) in [6.07, 6.45) is 0. The summed E-state index contributed by atoms with van der Waals surface area (Å²) in [5, 5.41) is 15.0. The Bertz CT molecular complexity index is 4240. The van der Waals surface area contributed by atoms with Crippen molar-refractivity contribution in [2.45, 2.75) is 39.5 Å². The van der Waals surface area contributed by atoms with Gasteiger partial charge < -0.3 is 9.13 Å². The van der Waals surface area contributed by atoms with Gasteiger partial charge in [-0.2, -0.15) is 0 Å². The summed E-state index contributed by atoms with van der Waals surface area (Å²) in [5.41, 5.74) is 17.3. The zero-order valence-electron chi connectivity index (χ0n) is 41.0. The van der Waals surface area contributed by atoms with E-state index in [0.29, 0.717) is 11.8 Å². The van der Waals surface area contributed by atoms with E-state index in [-0.39, 0.29) is 0 Å². The van der Waals surface area contributed by atoms with Crippen molar-refractivity contribution in [1.82, 2.24) is 9.13 Å². The topological polar surface area (TPSA) is 9.86 Å². The van der Waals surface area contributed by atoms with Crippen molar-refractivity contribution in [3.8, 4) is 44.8 Å². The number of para-hydroxylation sites is 2. The van der Waals surface area contributed by atoms with Gasteiger partial charge in [-0.1, -0.05) is 185 Å². The molecule has 0 radical (unpaired) electrons. The Hall–Kier alpha value is -8.72. The van der Waals surface area contributed by atoms with E-state index in [4.69, 9.17) is 0 Å². The van der Waals surface area contributed by atoms with Gasteiger partial charge >= 0.3 is 0 Å². The van der Waals surface area contributed by atoms with Gasteiger partial charge in [0, 0.05) is 32.9 Å². The molecule has 0 saturated carbocycles. The van der Waals surface area contributed by atoms with Crippen molar-refractivity contribution in [3.05, 3.63) is 242 Å². The highest BCUT2D eigenvalue weighted by molar-refractivity contribution is 6.26. The third-order valence-electron chi connectivity index (χ3n) is 15.6. The third-order valence-corrected chi connectivity index (χ3v) is 15.6. The number of nitrogens with zero attached hydrogens (tertiary/aromatic N) is 2. The van der Waals surface area contributed by atoms with E-state index >= 15 is 0 Å². The molecule has 2 heteroatoms. The number of fused-ring (bicyclic) bond motifs is 10. The highest BCUT2D eigenvalue weighted by Crippen LogP contribution is 2.48. The maximum Gasteiger partial charge on any atom is 0.0541 e. The summed E-state index contributed by atoms with van der Waals surface area (Å²) in [7, 11) is 0. The highest BCUT2D eigenvalue weighted by Gasteiger charge is 2.22. The minimum Gasteiger partial charge on any atom is -0.309 e. The largest absolute Gasteiger partial charge is 0.309 e. The summed E-state index contributed by atoms with van der Waals surface area (Å²) in [6.45, 7) is 9.09. The molecule has 2 heterocycles. The molecule has 0 N–H and O–H groups in total. The van der Waals surface area contributed by atoms with Crippen LogP contribution in [0.3, 0.4) is 0 Å². The average molecular weight is 921 g/mol. The predicted molar refractivity (Wildman–Crippen MR) is 310 cm³/mol. The van der Waals surface area contributed by atoms with Crippen LogP contribution in [-0.2, 0) is 0 Å². The van der Waals surface area contributed by atoms with Crippen molar-refractivity contribution < 1.29 is 0 Å². The van der Waals surface area contributed by atoms with Crippen LogP contribution >= 0.6 is 0 Å². The van der Waals surface area contributed by atoms with Crippen LogP contribution in [0.2, 0.25) is 0 Å². The van der Waals surface area contributed by atoms with Crippen LogP contribution in [0.25, 0.3) is 131 Å². The van der Waals surface area contributed by atoms with Gasteiger partial charge in [0.1, 0.15) is 0 Å². The summed E-state index contributed by atoms with van der Waals surface area (Å²) < 4.78 is 4.90. The fourth-order valence-electron chi connectivity index (χ4n) is 12.1. The predicted octanol–water partition coefficient (Wildman–Crippen LogP) is 19.7. The summed E-state index contributed by atoms with van der Waals surface area (Å²) in [4.78, 5) is 0. The molecule has 0 atom stereocenters. The Labute approximate surface area is 419 Å². The first-order valence-corrected chi connectivity index (χ1v) is 25.5. The van der Waals surface area contributed by atoms with Crippen LogP contribution in [0.4, 0.5) is 0 Å². The van der Waals surface area contributed by atoms with Gasteiger partial charge in [0.25, 0.3) is 0 Å². The Morgan fingerprint density at radius 2 is 0.653 bits per heavy atom. The van der Waals surface area contributed by atoms with E-state index in [1.165, 1.54) is 143 Å². The van der Waals surface area contributed by atoms with Gasteiger partial charge in [0.15, 0.2) is 0 Å². The second kappa shape index (κ2) is 16.4. The van der Waals surface area contributed by atoms with E-state index in [2.05, 4.69) is 267 Å². The molecule has 0 aliphatic carbocycles. The van der Waals surface area contributed by atoms with Gasteiger partial charge in [-0.05, 0) is 172 Å². The van der Waals surface area contributed by atoms with E-state index in [9.17, 15) is 0 Å². The van der Waals surface area contributed by atoms with Gasteiger partial charge in [0.2, 0.25) is 0 Å². The molecular formula is C70H52N2. The molecule has 72 heavy (non-hydrogen) atoms. The fourth-order valence-corrected chi connectivity index (χ4v) is 12.1. The van der Waals surface area contributed by atoms with Gasteiger partial charge in [0.05, 0.1) is 22.1 Å². The Morgan fingerprint density at radius 1 is 0.264 bits per heavy atom. The minimum absolute atomic E-state index is 0.437. The third kappa shape index (κ3) is 6.49. The van der Waals surface area contributed by atoms with E-state index in [1.54, 1.807) is 0 Å². The standard InChI is InChI=1S/C70H52N2/c1-43(2)45-19-13-21-51(38-45)71-65-31-11-9-25-57(65)63-40-49(33-35-67(63)71)53-27-15-29-59-61(53)42-62-54(28-16-30-60(62)70(59)69-55-23-7-5-17-47(55)37-48-18-6-8-24-56(48)69)50-34-36-68-64(41-50)58-26-10-12-32-66(58)72(68)52-22-14-20-46(39-52)44(3)4/h5-44H,1-4H3. The molecule has 0 unspecified atom stereocenters. The lowest BCUT2D eigenvalue weighted by Gasteiger charge is -2.20. The lowest BCUT2D eigenvalue weighted by molar-refractivity contribution is 0.864. The molecule has 342 valence electrons. The molecule has 12 aromatic carbocycles. The lowest BCUT2D eigenvalue weighted by atomic mass is 9.83. The maximum absolute atomic E-state index is 2.50. The second-order valence-corrected chi connectivity index (χ2v) is 20.4. The first-order valence-electron chi connectivity index (χ1n) is 25.5. The monoisotopic (exact) mass is 920 g/mol. The number of hydrogen-bond acceptors (Lipinski definition) is 0. The molecule has 0 aliphatic heterocycles. The molecule has 0 fully saturated rings. The normalized spacial score (nSPS) is 12.1. The quantitative estimate of drug-likeness (QED) is 0.141. The van der Waals surface area contributed by atoms with Crippen molar-refractivity contribution in [3.63, 3.8) is 0 Å². The Kier molecular flexibility index (Phi) is 9.63. The molecule has 0 bridgehead atoms. The molecule has 2 nitrogen and oxygen atoms in total. The first-order chi connectivity index (χ1) is 35.4. The van der Waals surface area contributed by atoms with E-state index in [0.717, 1.165) is 0 Å². The van der Waals surface area contributed by atoms with Crippen molar-refractivity contribution in [2.24, 2.45) is 0 Å². The van der Waals surface area contributed by atoms with E-state index in [1.807, 2.05) is 0 Å². The smallest absolute Gasteiger partial charge is 0.0541 e. The molecule has 14 rings (SSSR count). The van der Waals surface area contributed by atoms with Crippen LogP contribution in [-0.4, -0.2) is 9.13 Å². The lowest BCUT2D eigenvalue weighted by Crippen LogP contribution is -1.96. The van der Waals surface area contributed by atoms with Gasteiger partial charge in [-0.25, -0.2) is 0 Å². The minimum atomic E-state index is 0.437. The molecule has 0 spiro atoms. The zero-order valence-corrected chi connectivity index (χ0v) is 41.0. The summed E-state index contributed by atoms with van der Waals surface area (Å²) in [6, 6.07) is 86.9. The maximum atomic E-state index is 2.50. The van der Waals surface area contributed by atoms with Crippen molar-refractivity contribution >= 4 is 86.7 Å². The van der Waals surface area contributed by atoms with Crippen molar-refractivity contribution in [1.29, 1.82) is 0 Å². The second-order valence-electron chi connectivity index (χ2n) is 20.4. The van der Waals surface area contributed by atoms with Crippen LogP contribution < -0.4 is 0 Å². The number of aromatic nitrogens is 2. The summed E-state index contributed by atoms with van der Waals surface area (Å²) >= 11 is 0. The molecular weight excluding hydrogens is 869 g/mol. The fraction of sp³-hybridized carbons (Fsp3) is 0.0857. The summed E-state index contributed by atoms with van der Waals surface area (Å²) in [5.74, 6) is 0.874. The molecule has 14 aromatic rings. The number of rotatable bonds is 7. The van der Waals surface area contributed by atoms with Crippen LogP contribution in [0.1, 0.15) is 50.7 Å². The molecule has 2 aromatic heterocycles. The van der Waals surface area contributed by atoms with Crippen LogP contribution in [0.15, 0.2) is 231 Å². The molecule has 0 saturated heterocycles. The van der Waals surface area contributed by atoms with Crippen LogP contribution in [0.5, 0.6) is 0 Å². The van der Waals surface area contributed by atoms with Crippen molar-refractivity contribution in [2.75, 3.05) is 0 Å². The van der Waals surface area contributed by atoms with E-state index < -0.39 is 0 Å².